The van der Waals surface area contributed by atoms with Crippen LogP contribution in [0.15, 0.2) is 32.5 Å². The Morgan fingerprint density at radius 1 is 1.28 bits per heavy atom. The summed E-state index contributed by atoms with van der Waals surface area (Å²) < 4.78 is 14.9. The predicted molar refractivity (Wildman–Crippen MR) is 82.9 cm³/mol. The van der Waals surface area contributed by atoms with Crippen LogP contribution in [0.25, 0.3) is 0 Å². The molecule has 1 atom stereocenters. The Bertz CT molecular complexity index is 568. The average molecular weight is 393 g/mol. The third-order valence-electron chi connectivity index (χ3n) is 2.68. The Labute approximate surface area is 127 Å². The van der Waals surface area contributed by atoms with Crippen molar-refractivity contribution < 1.29 is 4.39 Å². The molecule has 96 valence electrons. The number of thiophene rings is 1. The van der Waals surface area contributed by atoms with Gasteiger partial charge >= 0.3 is 0 Å². The van der Waals surface area contributed by atoms with Gasteiger partial charge in [0, 0.05) is 15.0 Å². The van der Waals surface area contributed by atoms with Crippen molar-refractivity contribution in [1.82, 2.24) is 0 Å². The maximum atomic E-state index is 13.4. The first-order valence-electron chi connectivity index (χ1n) is 5.44. The van der Waals surface area contributed by atoms with E-state index in [4.69, 9.17) is 0 Å². The Hall–Kier alpha value is -0.390. The van der Waals surface area contributed by atoms with Gasteiger partial charge in [-0.1, -0.05) is 0 Å². The SMILES string of the molecule is Cc1cc(F)c(Br)cc1NC(C)c1sccc1Br. The normalized spacial score (nSPS) is 12.5. The van der Waals surface area contributed by atoms with Crippen LogP contribution in [0.5, 0.6) is 0 Å². The molecule has 1 aromatic carbocycles. The fraction of sp³-hybridized carbons (Fsp3) is 0.231. The third-order valence-corrected chi connectivity index (χ3v) is 5.34. The second kappa shape index (κ2) is 5.72. The van der Waals surface area contributed by atoms with Gasteiger partial charge in [0.05, 0.1) is 10.5 Å². The minimum atomic E-state index is -0.233. The molecule has 0 amide bonds. The van der Waals surface area contributed by atoms with Crippen molar-refractivity contribution in [1.29, 1.82) is 0 Å². The zero-order chi connectivity index (χ0) is 13.3. The molecule has 2 rings (SSSR count). The molecule has 5 heteroatoms. The van der Waals surface area contributed by atoms with Crippen molar-refractivity contribution in [2.24, 2.45) is 0 Å². The van der Waals surface area contributed by atoms with Gasteiger partial charge < -0.3 is 5.32 Å². The van der Waals surface area contributed by atoms with Crippen LogP contribution in [0, 0.1) is 12.7 Å². The van der Waals surface area contributed by atoms with E-state index in [1.165, 1.54) is 10.9 Å². The minimum absolute atomic E-state index is 0.176. The number of nitrogens with one attached hydrogen (secondary N) is 1. The highest BCUT2D eigenvalue weighted by atomic mass is 79.9. The van der Waals surface area contributed by atoms with Crippen LogP contribution < -0.4 is 5.32 Å². The van der Waals surface area contributed by atoms with Crippen molar-refractivity contribution in [3.8, 4) is 0 Å². The number of benzene rings is 1. The van der Waals surface area contributed by atoms with Gasteiger partial charge in [-0.05, 0) is 74.8 Å². The third kappa shape index (κ3) is 2.95. The van der Waals surface area contributed by atoms with E-state index >= 15 is 0 Å². The summed E-state index contributed by atoms with van der Waals surface area (Å²) in [6.07, 6.45) is 0. The molecule has 2 aromatic rings. The highest BCUT2D eigenvalue weighted by Crippen LogP contribution is 2.33. The summed E-state index contributed by atoms with van der Waals surface area (Å²) in [5.74, 6) is -0.233. The van der Waals surface area contributed by atoms with Crippen LogP contribution in [0.1, 0.15) is 23.4 Å². The molecule has 1 heterocycles. The number of hydrogen-bond donors (Lipinski definition) is 1. The molecule has 0 aliphatic carbocycles. The van der Waals surface area contributed by atoms with Crippen molar-refractivity contribution in [2.45, 2.75) is 19.9 Å². The van der Waals surface area contributed by atoms with Crippen LogP contribution in [-0.2, 0) is 0 Å². The molecule has 1 N–H and O–H groups in total. The summed E-state index contributed by atoms with van der Waals surface area (Å²) in [6.45, 7) is 3.99. The molecule has 0 aliphatic heterocycles. The van der Waals surface area contributed by atoms with Crippen LogP contribution in [0.3, 0.4) is 0 Å². The molecule has 1 aromatic heterocycles. The predicted octanol–water partition coefficient (Wildman–Crippen LogP) is 5.89. The van der Waals surface area contributed by atoms with Crippen LogP contribution in [-0.4, -0.2) is 0 Å². The van der Waals surface area contributed by atoms with Gasteiger partial charge in [0.1, 0.15) is 5.82 Å². The van der Waals surface area contributed by atoms with Gasteiger partial charge in [-0.15, -0.1) is 11.3 Å². The lowest BCUT2D eigenvalue weighted by molar-refractivity contribution is 0.620. The topological polar surface area (TPSA) is 12.0 Å². The van der Waals surface area contributed by atoms with Gasteiger partial charge in [0.25, 0.3) is 0 Å². The fourth-order valence-electron chi connectivity index (χ4n) is 1.71. The van der Waals surface area contributed by atoms with Gasteiger partial charge in [-0.25, -0.2) is 4.39 Å². The lowest BCUT2D eigenvalue weighted by Gasteiger charge is -2.17. The number of hydrogen-bond acceptors (Lipinski definition) is 2. The first kappa shape index (κ1) is 14.0. The van der Waals surface area contributed by atoms with E-state index in [1.54, 1.807) is 17.4 Å². The Balaban J connectivity index is 2.24. The first-order chi connectivity index (χ1) is 8.49. The standard InChI is InChI=1S/C13H12Br2FNS/c1-7-5-11(16)10(15)6-12(7)17-8(2)13-9(14)3-4-18-13/h3-6,8,17H,1-2H3. The molecule has 0 radical (unpaired) electrons. The summed E-state index contributed by atoms with van der Waals surface area (Å²) in [6, 6.07) is 5.52. The van der Waals surface area contributed by atoms with Crippen molar-refractivity contribution in [3.63, 3.8) is 0 Å². The molecular weight excluding hydrogens is 381 g/mol. The summed E-state index contributed by atoms with van der Waals surface area (Å²) in [5, 5.41) is 5.45. The first-order valence-corrected chi connectivity index (χ1v) is 7.90. The zero-order valence-electron chi connectivity index (χ0n) is 9.93. The number of halogens is 3. The van der Waals surface area contributed by atoms with Gasteiger partial charge in [0.2, 0.25) is 0 Å². The zero-order valence-corrected chi connectivity index (χ0v) is 13.9. The lowest BCUT2D eigenvalue weighted by atomic mass is 10.1. The lowest BCUT2D eigenvalue weighted by Crippen LogP contribution is -2.07. The second-order valence-corrected chi connectivity index (χ2v) is 6.74. The van der Waals surface area contributed by atoms with E-state index in [2.05, 4.69) is 44.1 Å². The molecule has 18 heavy (non-hydrogen) atoms. The second-order valence-electron chi connectivity index (χ2n) is 4.08. The largest absolute Gasteiger partial charge is 0.377 e. The van der Waals surface area contributed by atoms with Crippen molar-refractivity contribution in [2.75, 3.05) is 5.32 Å². The maximum Gasteiger partial charge on any atom is 0.137 e. The molecule has 1 nitrogen and oxygen atoms in total. The molecule has 0 saturated carbocycles. The highest BCUT2D eigenvalue weighted by molar-refractivity contribution is 9.10. The van der Waals surface area contributed by atoms with E-state index in [-0.39, 0.29) is 11.9 Å². The van der Waals surface area contributed by atoms with E-state index in [9.17, 15) is 4.39 Å². The van der Waals surface area contributed by atoms with E-state index in [0.717, 1.165) is 15.7 Å². The summed E-state index contributed by atoms with van der Waals surface area (Å²) >= 11 is 8.43. The quantitative estimate of drug-likeness (QED) is 0.686. The van der Waals surface area contributed by atoms with Crippen molar-refractivity contribution >= 4 is 48.9 Å². The van der Waals surface area contributed by atoms with E-state index in [1.807, 2.05) is 18.4 Å². The molecule has 0 saturated heterocycles. The summed E-state index contributed by atoms with van der Waals surface area (Å²) in [5.41, 5.74) is 1.84. The molecule has 0 fully saturated rings. The Kier molecular flexibility index (Phi) is 4.45. The van der Waals surface area contributed by atoms with Crippen LogP contribution in [0.4, 0.5) is 10.1 Å². The van der Waals surface area contributed by atoms with Crippen molar-refractivity contribution in [3.05, 3.63) is 48.8 Å². The number of rotatable bonds is 3. The van der Waals surface area contributed by atoms with Crippen LogP contribution >= 0.6 is 43.2 Å². The molecule has 0 spiro atoms. The van der Waals surface area contributed by atoms with Gasteiger partial charge in [0.15, 0.2) is 0 Å². The molecule has 0 bridgehead atoms. The smallest absolute Gasteiger partial charge is 0.137 e. The number of aryl methyl sites for hydroxylation is 1. The van der Waals surface area contributed by atoms with E-state index < -0.39 is 0 Å². The number of anilines is 1. The summed E-state index contributed by atoms with van der Waals surface area (Å²) in [4.78, 5) is 1.23. The molecule has 0 aliphatic rings. The Morgan fingerprint density at radius 2 is 2.00 bits per heavy atom. The molecule has 1 unspecified atom stereocenters. The highest BCUT2D eigenvalue weighted by Gasteiger charge is 2.13. The monoisotopic (exact) mass is 391 g/mol. The molecular formula is C13H12Br2FNS. The van der Waals surface area contributed by atoms with Gasteiger partial charge in [-0.3, -0.25) is 0 Å². The van der Waals surface area contributed by atoms with Crippen LogP contribution in [0.2, 0.25) is 0 Å². The minimum Gasteiger partial charge on any atom is -0.377 e. The van der Waals surface area contributed by atoms with Gasteiger partial charge in [-0.2, -0.15) is 0 Å². The Morgan fingerprint density at radius 3 is 2.61 bits per heavy atom. The average Bonchev–Trinajstić information content (AvgIpc) is 2.72. The van der Waals surface area contributed by atoms with E-state index in [0.29, 0.717) is 4.47 Å². The fourth-order valence-corrected chi connectivity index (χ4v) is 3.78. The summed E-state index contributed by atoms with van der Waals surface area (Å²) in [7, 11) is 0. The maximum absolute atomic E-state index is 13.4.